The van der Waals surface area contributed by atoms with E-state index in [0.29, 0.717) is 11.6 Å². The third kappa shape index (κ3) is 3.77. The van der Waals surface area contributed by atoms with Gasteiger partial charge < -0.3 is 15.4 Å². The zero-order valence-electron chi connectivity index (χ0n) is 12.9. The fourth-order valence-electron chi connectivity index (χ4n) is 2.62. The van der Waals surface area contributed by atoms with Gasteiger partial charge in [0, 0.05) is 22.7 Å². The van der Waals surface area contributed by atoms with Crippen molar-refractivity contribution >= 4 is 23.3 Å². The van der Waals surface area contributed by atoms with E-state index in [1.807, 2.05) is 12.1 Å². The first-order valence-corrected chi connectivity index (χ1v) is 7.94. The van der Waals surface area contributed by atoms with E-state index in [-0.39, 0.29) is 11.4 Å². The van der Waals surface area contributed by atoms with Gasteiger partial charge in [0.2, 0.25) is 0 Å². The maximum absolute atomic E-state index is 12.0. The summed E-state index contributed by atoms with van der Waals surface area (Å²) in [5.41, 5.74) is 2.02. The average molecular weight is 331 g/mol. The number of rotatable bonds is 5. The van der Waals surface area contributed by atoms with Gasteiger partial charge in [-0.3, -0.25) is 0 Å². The van der Waals surface area contributed by atoms with Crippen LogP contribution in [0.5, 0.6) is 5.75 Å². The van der Waals surface area contributed by atoms with Crippen LogP contribution in [0, 0.1) is 0 Å². The highest BCUT2D eigenvalue weighted by Gasteiger charge is 2.44. The van der Waals surface area contributed by atoms with Crippen LogP contribution in [0.2, 0.25) is 5.02 Å². The van der Waals surface area contributed by atoms with Crippen molar-refractivity contribution in [3.05, 3.63) is 59.1 Å². The summed E-state index contributed by atoms with van der Waals surface area (Å²) in [6, 6.07) is 14.9. The zero-order chi connectivity index (χ0) is 16.3. The van der Waals surface area contributed by atoms with Crippen molar-refractivity contribution in [1.29, 1.82) is 0 Å². The number of carbonyl (C=O) groups excluding carboxylic acids is 1. The van der Waals surface area contributed by atoms with Gasteiger partial charge in [-0.05, 0) is 54.8 Å². The summed E-state index contributed by atoms with van der Waals surface area (Å²) in [5.74, 6) is 0.845. The van der Waals surface area contributed by atoms with Gasteiger partial charge in [-0.2, -0.15) is 0 Å². The molecule has 1 aliphatic carbocycles. The molecule has 23 heavy (non-hydrogen) atoms. The molecular weight excluding hydrogens is 312 g/mol. The predicted octanol–water partition coefficient (Wildman–Crippen LogP) is 4.20. The lowest BCUT2D eigenvalue weighted by atomic mass is 9.96. The molecule has 2 aromatic carbocycles. The van der Waals surface area contributed by atoms with Gasteiger partial charge >= 0.3 is 6.03 Å². The lowest BCUT2D eigenvalue weighted by Crippen LogP contribution is -2.35. The lowest BCUT2D eigenvalue weighted by Gasteiger charge is -2.17. The standard InChI is InChI=1S/C18H19ClN2O2/c1-23-16-8-2-13(3-9-16)18(10-11-18)12-20-17(22)21-15-6-4-14(19)5-7-15/h2-9H,10-12H2,1H3,(H2,20,21,22). The van der Waals surface area contributed by atoms with E-state index in [1.54, 1.807) is 31.4 Å². The molecule has 2 N–H and O–H groups in total. The Hall–Kier alpha value is -2.20. The molecule has 0 radical (unpaired) electrons. The first kappa shape index (κ1) is 15.7. The van der Waals surface area contributed by atoms with Crippen LogP contribution in [0.4, 0.5) is 10.5 Å². The number of hydrogen-bond donors (Lipinski definition) is 2. The number of amides is 2. The fourth-order valence-corrected chi connectivity index (χ4v) is 2.75. The summed E-state index contributed by atoms with van der Waals surface area (Å²) < 4.78 is 5.19. The normalized spacial score (nSPS) is 14.9. The number of benzene rings is 2. The molecule has 120 valence electrons. The molecule has 2 aromatic rings. The SMILES string of the molecule is COc1ccc(C2(CNC(=O)Nc3ccc(Cl)cc3)CC2)cc1. The lowest BCUT2D eigenvalue weighted by molar-refractivity contribution is 0.251. The molecule has 0 heterocycles. The molecule has 2 amide bonds. The Bertz CT molecular complexity index is 679. The second-order valence-corrected chi connectivity index (χ2v) is 6.26. The number of carbonyl (C=O) groups is 1. The highest BCUT2D eigenvalue weighted by Crippen LogP contribution is 2.47. The number of methoxy groups -OCH3 is 1. The minimum Gasteiger partial charge on any atom is -0.497 e. The molecule has 0 saturated heterocycles. The van der Waals surface area contributed by atoms with Crippen LogP contribution in [0.15, 0.2) is 48.5 Å². The van der Waals surface area contributed by atoms with Crippen molar-refractivity contribution in [3.8, 4) is 5.75 Å². The minimum absolute atomic E-state index is 0.0591. The Kier molecular flexibility index (Phi) is 4.44. The van der Waals surface area contributed by atoms with Gasteiger partial charge in [0.1, 0.15) is 5.75 Å². The molecule has 5 heteroatoms. The van der Waals surface area contributed by atoms with Gasteiger partial charge in [0.15, 0.2) is 0 Å². The summed E-state index contributed by atoms with van der Waals surface area (Å²) in [4.78, 5) is 12.0. The first-order chi connectivity index (χ1) is 11.1. The Morgan fingerprint density at radius 3 is 2.35 bits per heavy atom. The molecule has 4 nitrogen and oxygen atoms in total. The van der Waals surface area contributed by atoms with Gasteiger partial charge in [0.25, 0.3) is 0 Å². The van der Waals surface area contributed by atoms with Gasteiger partial charge in [-0.25, -0.2) is 4.79 Å². The van der Waals surface area contributed by atoms with Crippen molar-refractivity contribution < 1.29 is 9.53 Å². The zero-order valence-corrected chi connectivity index (χ0v) is 13.7. The molecular formula is C18H19ClN2O2. The van der Waals surface area contributed by atoms with E-state index in [9.17, 15) is 4.79 Å². The van der Waals surface area contributed by atoms with Crippen LogP contribution >= 0.6 is 11.6 Å². The Balaban J connectivity index is 1.56. The second-order valence-electron chi connectivity index (χ2n) is 5.82. The maximum Gasteiger partial charge on any atom is 0.319 e. The topological polar surface area (TPSA) is 50.4 Å². The van der Waals surface area contributed by atoms with Crippen molar-refractivity contribution in [3.63, 3.8) is 0 Å². The molecule has 0 aliphatic heterocycles. The Labute approximate surface area is 140 Å². The van der Waals surface area contributed by atoms with Crippen LogP contribution in [0.25, 0.3) is 0 Å². The summed E-state index contributed by atoms with van der Waals surface area (Å²) in [6.07, 6.45) is 2.17. The molecule has 1 aliphatic rings. The summed E-state index contributed by atoms with van der Waals surface area (Å²) in [7, 11) is 1.66. The van der Waals surface area contributed by atoms with Crippen molar-refractivity contribution in [1.82, 2.24) is 5.32 Å². The van der Waals surface area contributed by atoms with Crippen LogP contribution in [0.3, 0.4) is 0 Å². The van der Waals surface area contributed by atoms with E-state index in [4.69, 9.17) is 16.3 Å². The Morgan fingerprint density at radius 1 is 1.13 bits per heavy atom. The number of halogens is 1. The van der Waals surface area contributed by atoms with Crippen LogP contribution in [0.1, 0.15) is 18.4 Å². The molecule has 3 rings (SSSR count). The van der Waals surface area contributed by atoms with Crippen molar-refractivity contribution in [2.45, 2.75) is 18.3 Å². The monoisotopic (exact) mass is 330 g/mol. The fraction of sp³-hybridized carbons (Fsp3) is 0.278. The van der Waals surface area contributed by atoms with Crippen LogP contribution in [-0.4, -0.2) is 19.7 Å². The Morgan fingerprint density at radius 2 is 1.78 bits per heavy atom. The van der Waals surface area contributed by atoms with E-state index in [0.717, 1.165) is 24.3 Å². The van der Waals surface area contributed by atoms with Gasteiger partial charge in [0.05, 0.1) is 7.11 Å². The van der Waals surface area contributed by atoms with Gasteiger partial charge in [-0.15, -0.1) is 0 Å². The summed E-state index contributed by atoms with van der Waals surface area (Å²) in [6.45, 7) is 0.624. The highest BCUT2D eigenvalue weighted by molar-refractivity contribution is 6.30. The molecule has 0 unspecified atom stereocenters. The number of urea groups is 1. The smallest absolute Gasteiger partial charge is 0.319 e. The predicted molar refractivity (Wildman–Crippen MR) is 92.4 cm³/mol. The molecule has 1 fully saturated rings. The van der Waals surface area contributed by atoms with E-state index >= 15 is 0 Å². The van der Waals surface area contributed by atoms with E-state index < -0.39 is 0 Å². The molecule has 0 atom stereocenters. The van der Waals surface area contributed by atoms with Crippen molar-refractivity contribution in [2.24, 2.45) is 0 Å². The largest absolute Gasteiger partial charge is 0.497 e. The van der Waals surface area contributed by atoms with Crippen molar-refractivity contribution in [2.75, 3.05) is 19.0 Å². The van der Waals surface area contributed by atoms with Crippen LogP contribution in [-0.2, 0) is 5.41 Å². The van der Waals surface area contributed by atoms with E-state index in [1.165, 1.54) is 5.56 Å². The maximum atomic E-state index is 12.0. The number of hydrogen-bond acceptors (Lipinski definition) is 2. The highest BCUT2D eigenvalue weighted by atomic mass is 35.5. The number of nitrogens with one attached hydrogen (secondary N) is 2. The van der Waals surface area contributed by atoms with E-state index in [2.05, 4.69) is 22.8 Å². The van der Waals surface area contributed by atoms with Gasteiger partial charge in [-0.1, -0.05) is 23.7 Å². The molecule has 0 spiro atoms. The number of anilines is 1. The summed E-state index contributed by atoms with van der Waals surface area (Å²) >= 11 is 5.83. The first-order valence-electron chi connectivity index (χ1n) is 7.56. The third-order valence-electron chi connectivity index (χ3n) is 4.25. The number of ether oxygens (including phenoxy) is 1. The minimum atomic E-state index is -0.202. The average Bonchev–Trinajstić information content (AvgIpc) is 3.36. The second kappa shape index (κ2) is 6.50. The molecule has 1 saturated carbocycles. The quantitative estimate of drug-likeness (QED) is 0.863. The third-order valence-corrected chi connectivity index (χ3v) is 4.50. The molecule has 0 bridgehead atoms. The molecule has 0 aromatic heterocycles. The van der Waals surface area contributed by atoms with Crippen LogP contribution < -0.4 is 15.4 Å². The summed E-state index contributed by atoms with van der Waals surface area (Å²) in [5, 5.41) is 6.42.